The monoisotopic (exact) mass is 259 g/mol. The molecule has 0 aromatic heterocycles. The number of aryl methyl sites for hydroxylation is 1. The molecule has 4 nitrogen and oxygen atoms in total. The van der Waals surface area contributed by atoms with Gasteiger partial charge in [-0.2, -0.15) is 8.78 Å². The Balaban J connectivity index is 2.99. The fraction of sp³-hybridized carbons (Fsp3) is 0.417. The predicted molar refractivity (Wildman–Crippen MR) is 62.6 cm³/mol. The largest absolute Gasteiger partial charge is 0.466 e. The van der Waals surface area contributed by atoms with E-state index in [2.05, 4.69) is 4.74 Å². The summed E-state index contributed by atoms with van der Waals surface area (Å²) in [6.07, 6.45) is -0.152. The van der Waals surface area contributed by atoms with Crippen LogP contribution in [0.5, 0.6) is 5.75 Å². The molecule has 0 heterocycles. The van der Waals surface area contributed by atoms with E-state index in [0.29, 0.717) is 11.3 Å². The lowest BCUT2D eigenvalue weighted by Gasteiger charge is -2.13. The molecule has 0 amide bonds. The first kappa shape index (κ1) is 14.2. The molecule has 0 saturated carbocycles. The van der Waals surface area contributed by atoms with E-state index in [9.17, 15) is 13.6 Å². The molecular weight excluding hydrogens is 244 g/mol. The van der Waals surface area contributed by atoms with Gasteiger partial charge in [0.05, 0.1) is 13.0 Å². The van der Waals surface area contributed by atoms with Gasteiger partial charge in [0.1, 0.15) is 5.75 Å². The number of rotatable bonds is 5. The first-order valence-corrected chi connectivity index (χ1v) is 5.43. The zero-order chi connectivity index (χ0) is 13.7. The van der Waals surface area contributed by atoms with Gasteiger partial charge in [0, 0.05) is 11.3 Å². The molecule has 1 aromatic rings. The fourth-order valence-electron chi connectivity index (χ4n) is 1.46. The minimum Gasteiger partial charge on any atom is -0.466 e. The van der Waals surface area contributed by atoms with Crippen molar-refractivity contribution in [2.24, 2.45) is 0 Å². The summed E-state index contributed by atoms with van der Waals surface area (Å²) >= 11 is 0. The highest BCUT2D eigenvalue weighted by molar-refractivity contribution is 5.74. The molecule has 0 saturated heterocycles. The zero-order valence-electron chi connectivity index (χ0n) is 10.2. The molecule has 0 radical (unpaired) electrons. The molecule has 6 heteroatoms. The Kier molecular flexibility index (Phi) is 4.88. The summed E-state index contributed by atoms with van der Waals surface area (Å²) in [5, 5.41) is 0. The maximum Gasteiger partial charge on any atom is 0.387 e. The van der Waals surface area contributed by atoms with Gasteiger partial charge < -0.3 is 15.2 Å². The third-order valence-electron chi connectivity index (χ3n) is 2.31. The number of hydrogen-bond donors (Lipinski definition) is 1. The van der Waals surface area contributed by atoms with Gasteiger partial charge >= 0.3 is 12.6 Å². The second kappa shape index (κ2) is 6.18. The van der Waals surface area contributed by atoms with Crippen LogP contribution >= 0.6 is 0 Å². The third-order valence-corrected chi connectivity index (χ3v) is 2.31. The molecule has 2 N–H and O–H groups in total. The van der Waals surface area contributed by atoms with Crippen molar-refractivity contribution < 1.29 is 23.0 Å². The molecule has 0 aliphatic rings. The van der Waals surface area contributed by atoms with Crippen LogP contribution in [0.25, 0.3) is 0 Å². The minimum atomic E-state index is -2.95. The lowest BCUT2D eigenvalue weighted by Crippen LogP contribution is -2.11. The highest BCUT2D eigenvalue weighted by Crippen LogP contribution is 2.27. The van der Waals surface area contributed by atoms with E-state index in [1.807, 2.05) is 0 Å². The number of ether oxygens (including phenoxy) is 2. The number of halogens is 2. The molecular formula is C12H15F2NO3. The summed E-state index contributed by atoms with van der Waals surface area (Å²) in [7, 11) is 0. The summed E-state index contributed by atoms with van der Waals surface area (Å²) in [4.78, 5) is 11.3. The second-order valence-electron chi connectivity index (χ2n) is 3.68. The van der Waals surface area contributed by atoms with Crippen LogP contribution < -0.4 is 10.5 Å². The van der Waals surface area contributed by atoms with Gasteiger partial charge in [0.2, 0.25) is 0 Å². The topological polar surface area (TPSA) is 61.5 Å². The smallest absolute Gasteiger partial charge is 0.387 e. The summed E-state index contributed by atoms with van der Waals surface area (Å²) in [6.45, 7) is 0.610. The van der Waals surface area contributed by atoms with E-state index in [1.165, 1.54) is 12.1 Å². The van der Waals surface area contributed by atoms with E-state index in [1.54, 1.807) is 13.8 Å². The molecule has 0 fully saturated rings. The van der Waals surface area contributed by atoms with Crippen molar-refractivity contribution in [1.29, 1.82) is 0 Å². The summed E-state index contributed by atoms with van der Waals surface area (Å²) in [5.41, 5.74) is 6.99. The van der Waals surface area contributed by atoms with Gasteiger partial charge in [-0.1, -0.05) is 0 Å². The van der Waals surface area contributed by atoms with Crippen LogP contribution in [-0.4, -0.2) is 19.2 Å². The maximum atomic E-state index is 12.2. The quantitative estimate of drug-likeness (QED) is 0.651. The van der Waals surface area contributed by atoms with Gasteiger partial charge in [0.25, 0.3) is 0 Å². The minimum absolute atomic E-state index is 0.0512. The standard InChI is InChI=1S/C12H15F2NO3/c1-3-17-11(16)6-8-5-9(15)7(2)4-10(8)18-12(13)14/h4-5,12H,3,6,15H2,1-2H3. The molecule has 0 unspecified atom stereocenters. The molecule has 0 atom stereocenters. The Bertz CT molecular complexity index is 436. The van der Waals surface area contributed by atoms with Crippen molar-refractivity contribution in [3.8, 4) is 5.75 Å². The molecule has 0 bridgehead atoms. The lowest BCUT2D eigenvalue weighted by atomic mass is 10.1. The van der Waals surface area contributed by atoms with E-state index >= 15 is 0 Å². The average molecular weight is 259 g/mol. The number of benzene rings is 1. The van der Waals surface area contributed by atoms with Crippen LogP contribution in [0.1, 0.15) is 18.1 Å². The van der Waals surface area contributed by atoms with Crippen LogP contribution in [0.2, 0.25) is 0 Å². The van der Waals surface area contributed by atoms with Crippen LogP contribution in [0.15, 0.2) is 12.1 Å². The number of carbonyl (C=O) groups excluding carboxylic acids is 1. The first-order valence-electron chi connectivity index (χ1n) is 5.43. The predicted octanol–water partition coefficient (Wildman–Crippen LogP) is 2.28. The molecule has 100 valence electrons. The average Bonchev–Trinajstić information content (AvgIpc) is 2.25. The summed E-state index contributed by atoms with van der Waals surface area (Å²) < 4.78 is 33.6. The SMILES string of the molecule is CCOC(=O)Cc1cc(N)c(C)cc1OC(F)F. The highest BCUT2D eigenvalue weighted by Gasteiger charge is 2.15. The maximum absolute atomic E-state index is 12.2. The fourth-order valence-corrected chi connectivity index (χ4v) is 1.46. The van der Waals surface area contributed by atoms with Gasteiger partial charge in [-0.3, -0.25) is 4.79 Å². The third kappa shape index (κ3) is 3.87. The van der Waals surface area contributed by atoms with E-state index in [4.69, 9.17) is 10.5 Å². The normalized spacial score (nSPS) is 10.5. The van der Waals surface area contributed by atoms with E-state index in [0.717, 1.165) is 0 Å². The van der Waals surface area contributed by atoms with Crippen LogP contribution in [-0.2, 0) is 16.0 Å². The number of nitrogen functional groups attached to an aromatic ring is 1. The van der Waals surface area contributed by atoms with Crippen LogP contribution in [0.3, 0.4) is 0 Å². The number of hydrogen-bond acceptors (Lipinski definition) is 4. The molecule has 1 rings (SSSR count). The second-order valence-corrected chi connectivity index (χ2v) is 3.68. The molecule has 0 spiro atoms. The van der Waals surface area contributed by atoms with Gasteiger partial charge in [-0.25, -0.2) is 0 Å². The number of esters is 1. The summed E-state index contributed by atoms with van der Waals surface area (Å²) in [5.74, 6) is -0.565. The molecule has 18 heavy (non-hydrogen) atoms. The summed E-state index contributed by atoms with van der Waals surface area (Å²) in [6, 6.07) is 2.83. The molecule has 0 aliphatic carbocycles. The number of anilines is 1. The van der Waals surface area contributed by atoms with Crippen molar-refractivity contribution in [3.63, 3.8) is 0 Å². The lowest BCUT2D eigenvalue weighted by molar-refractivity contribution is -0.142. The van der Waals surface area contributed by atoms with Crippen molar-refractivity contribution in [3.05, 3.63) is 23.3 Å². The first-order chi connectivity index (χ1) is 8.43. The Morgan fingerprint density at radius 2 is 2.11 bits per heavy atom. The van der Waals surface area contributed by atoms with Crippen LogP contribution in [0, 0.1) is 6.92 Å². The number of alkyl halides is 2. The van der Waals surface area contributed by atoms with Gasteiger partial charge in [-0.15, -0.1) is 0 Å². The van der Waals surface area contributed by atoms with Gasteiger partial charge in [0.15, 0.2) is 0 Å². The highest BCUT2D eigenvalue weighted by atomic mass is 19.3. The van der Waals surface area contributed by atoms with Crippen molar-refractivity contribution in [1.82, 2.24) is 0 Å². The Labute approximate surface area is 104 Å². The zero-order valence-corrected chi connectivity index (χ0v) is 10.2. The van der Waals surface area contributed by atoms with Crippen molar-refractivity contribution in [2.75, 3.05) is 12.3 Å². The van der Waals surface area contributed by atoms with E-state index < -0.39 is 12.6 Å². The van der Waals surface area contributed by atoms with E-state index in [-0.39, 0.29) is 24.3 Å². The van der Waals surface area contributed by atoms with Crippen LogP contribution in [0.4, 0.5) is 14.5 Å². The Hall–Kier alpha value is -1.85. The molecule has 0 aliphatic heterocycles. The van der Waals surface area contributed by atoms with Crippen molar-refractivity contribution in [2.45, 2.75) is 26.9 Å². The molecule has 1 aromatic carbocycles. The van der Waals surface area contributed by atoms with Crippen molar-refractivity contribution >= 4 is 11.7 Å². The Morgan fingerprint density at radius 3 is 2.67 bits per heavy atom. The number of nitrogens with two attached hydrogens (primary N) is 1. The van der Waals surface area contributed by atoms with Gasteiger partial charge in [-0.05, 0) is 31.5 Å². The number of carbonyl (C=O) groups is 1. The Morgan fingerprint density at radius 1 is 1.44 bits per heavy atom.